The molecule has 0 saturated carbocycles. The molecule has 43 heavy (non-hydrogen) atoms. The zero-order chi connectivity index (χ0) is 30.6. The van der Waals surface area contributed by atoms with Gasteiger partial charge in [-0.2, -0.15) is 11.8 Å². The summed E-state index contributed by atoms with van der Waals surface area (Å²) in [7, 11) is 0. The van der Waals surface area contributed by atoms with E-state index in [0.29, 0.717) is 0 Å². The van der Waals surface area contributed by atoms with Gasteiger partial charge in [-0.1, -0.05) is 175 Å². The van der Waals surface area contributed by atoms with Crippen molar-refractivity contribution in [3.8, 4) is 0 Å². The number of hydrogen-bond acceptors (Lipinski definition) is 1. The van der Waals surface area contributed by atoms with Gasteiger partial charge < -0.3 is 0 Å². The fourth-order valence-corrected chi connectivity index (χ4v) is 7.36. The molecule has 0 aromatic heterocycles. The van der Waals surface area contributed by atoms with Gasteiger partial charge in [0, 0.05) is 0 Å². The highest BCUT2D eigenvalue weighted by Gasteiger charge is 2.27. The zero-order valence-corrected chi connectivity index (χ0v) is 28.3. The Kier molecular flexibility index (Phi) is 15.7. The van der Waals surface area contributed by atoms with Crippen molar-refractivity contribution >= 4 is 11.8 Å². The third-order valence-corrected chi connectivity index (χ3v) is 10.0. The lowest BCUT2D eigenvalue weighted by atomic mass is 9.73. The van der Waals surface area contributed by atoms with Crippen molar-refractivity contribution in [1.29, 1.82) is 0 Å². The predicted octanol–water partition coefficient (Wildman–Crippen LogP) is 12.3. The van der Waals surface area contributed by atoms with E-state index in [1.807, 2.05) is 13.8 Å². The Hall–Kier alpha value is -2.77. The van der Waals surface area contributed by atoms with Gasteiger partial charge in [0.15, 0.2) is 0 Å². The topological polar surface area (TPSA) is 0 Å². The third-order valence-electron chi connectivity index (χ3n) is 8.85. The number of benzene rings is 4. The molecule has 2 atom stereocenters. The summed E-state index contributed by atoms with van der Waals surface area (Å²) in [5.41, 5.74) is 6.24. The van der Waals surface area contributed by atoms with Gasteiger partial charge in [0.05, 0.1) is 0 Å². The molecule has 0 N–H and O–H groups in total. The first kappa shape index (κ1) is 34.7. The Morgan fingerprint density at radius 1 is 0.419 bits per heavy atom. The summed E-state index contributed by atoms with van der Waals surface area (Å²) < 4.78 is 0. The number of rotatable bonds is 18. The molecule has 0 heterocycles. The second-order valence-corrected chi connectivity index (χ2v) is 13.6. The van der Waals surface area contributed by atoms with Crippen LogP contribution in [0.1, 0.15) is 101 Å². The van der Waals surface area contributed by atoms with Gasteiger partial charge in [-0.05, 0) is 83.1 Å². The van der Waals surface area contributed by atoms with Crippen molar-refractivity contribution in [2.45, 2.75) is 103 Å². The van der Waals surface area contributed by atoms with Crippen LogP contribution in [0.4, 0.5) is 0 Å². The van der Waals surface area contributed by atoms with Crippen molar-refractivity contribution in [3.05, 3.63) is 144 Å². The molecule has 0 spiro atoms. The van der Waals surface area contributed by atoms with Crippen LogP contribution in [0.15, 0.2) is 121 Å². The summed E-state index contributed by atoms with van der Waals surface area (Å²) in [6.45, 7) is 8.93. The lowest BCUT2D eigenvalue weighted by Gasteiger charge is -2.31. The van der Waals surface area contributed by atoms with Crippen LogP contribution in [-0.2, 0) is 23.7 Å². The maximum atomic E-state index is 2.46. The molecule has 0 aliphatic heterocycles. The minimum Gasteiger partial charge on any atom is -0.162 e. The number of unbranched alkanes of at least 4 members (excludes halogenated alkanes) is 4. The van der Waals surface area contributed by atoms with E-state index in [0.717, 1.165) is 12.8 Å². The van der Waals surface area contributed by atoms with E-state index in [1.165, 1.54) is 85.1 Å². The van der Waals surface area contributed by atoms with Gasteiger partial charge in [0.25, 0.3) is 0 Å². The largest absolute Gasteiger partial charge is 0.162 e. The van der Waals surface area contributed by atoms with Crippen LogP contribution >= 0.6 is 11.8 Å². The Labute approximate surface area is 268 Å². The van der Waals surface area contributed by atoms with E-state index < -0.39 is 0 Å². The first-order chi connectivity index (χ1) is 21.1. The van der Waals surface area contributed by atoms with E-state index in [2.05, 4.69) is 147 Å². The highest BCUT2D eigenvalue weighted by Crippen LogP contribution is 2.35. The SMILES string of the molecule is CC.CC(CCCCCSCCCCCC(C)(Cc1ccccc1)c1ccccc1)(Cc1ccccc1)c1ccccc1. The van der Waals surface area contributed by atoms with Crippen LogP contribution < -0.4 is 0 Å². The summed E-state index contributed by atoms with van der Waals surface area (Å²) in [4.78, 5) is 0. The van der Waals surface area contributed by atoms with Gasteiger partial charge in [0.1, 0.15) is 0 Å². The summed E-state index contributed by atoms with van der Waals surface area (Å²) >= 11 is 2.17. The Morgan fingerprint density at radius 3 is 1.09 bits per heavy atom. The molecule has 0 bridgehead atoms. The lowest BCUT2D eigenvalue weighted by Crippen LogP contribution is -2.25. The van der Waals surface area contributed by atoms with Crippen molar-refractivity contribution in [2.75, 3.05) is 11.5 Å². The van der Waals surface area contributed by atoms with Crippen molar-refractivity contribution in [1.82, 2.24) is 0 Å². The molecule has 2 unspecified atom stereocenters. The summed E-state index contributed by atoms with van der Waals surface area (Å²) in [6.07, 6.45) is 12.7. The molecular weight excluding hydrogens is 537 g/mol. The fraction of sp³-hybridized carbons (Fsp3) is 0.429. The van der Waals surface area contributed by atoms with E-state index in [-0.39, 0.29) is 10.8 Å². The van der Waals surface area contributed by atoms with Gasteiger partial charge >= 0.3 is 0 Å². The van der Waals surface area contributed by atoms with Gasteiger partial charge in [-0.15, -0.1) is 0 Å². The first-order valence-corrected chi connectivity index (χ1v) is 18.0. The fourth-order valence-electron chi connectivity index (χ4n) is 6.34. The highest BCUT2D eigenvalue weighted by molar-refractivity contribution is 7.99. The number of hydrogen-bond donors (Lipinski definition) is 0. The van der Waals surface area contributed by atoms with Gasteiger partial charge in [-0.3, -0.25) is 0 Å². The molecule has 4 aromatic rings. The Balaban J connectivity index is 0.00000248. The maximum absolute atomic E-state index is 2.46. The minimum absolute atomic E-state index is 0.199. The maximum Gasteiger partial charge on any atom is -0.00349 e. The van der Waals surface area contributed by atoms with E-state index in [4.69, 9.17) is 0 Å². The second-order valence-electron chi connectivity index (χ2n) is 12.4. The lowest BCUT2D eigenvalue weighted by molar-refractivity contribution is 0.408. The predicted molar refractivity (Wildman–Crippen MR) is 193 cm³/mol. The van der Waals surface area contributed by atoms with E-state index in [1.54, 1.807) is 0 Å². The second kappa shape index (κ2) is 19.5. The monoisotopic (exact) mass is 592 g/mol. The Bertz CT molecular complexity index is 1120. The number of thioether (sulfide) groups is 1. The zero-order valence-electron chi connectivity index (χ0n) is 27.4. The average molecular weight is 593 g/mol. The molecule has 4 aromatic carbocycles. The summed E-state index contributed by atoms with van der Waals surface area (Å²) in [6, 6.07) is 44.4. The van der Waals surface area contributed by atoms with Gasteiger partial charge in [0.2, 0.25) is 0 Å². The van der Waals surface area contributed by atoms with Crippen LogP contribution in [0.3, 0.4) is 0 Å². The molecule has 0 radical (unpaired) electrons. The average Bonchev–Trinajstić information content (AvgIpc) is 3.06. The molecule has 0 aliphatic carbocycles. The van der Waals surface area contributed by atoms with Crippen LogP contribution in [0.5, 0.6) is 0 Å². The van der Waals surface area contributed by atoms with Gasteiger partial charge in [-0.25, -0.2) is 0 Å². The molecule has 0 saturated heterocycles. The van der Waals surface area contributed by atoms with Crippen LogP contribution in [0.2, 0.25) is 0 Å². The summed E-state index contributed by atoms with van der Waals surface area (Å²) in [5, 5.41) is 0. The van der Waals surface area contributed by atoms with Crippen molar-refractivity contribution < 1.29 is 0 Å². The third kappa shape index (κ3) is 12.0. The normalized spacial score (nSPS) is 13.8. The highest BCUT2D eigenvalue weighted by atomic mass is 32.2. The molecule has 0 aliphatic rings. The quantitative estimate of drug-likeness (QED) is 0.104. The minimum atomic E-state index is 0.199. The Morgan fingerprint density at radius 2 is 0.744 bits per heavy atom. The molecular formula is C42H56S. The van der Waals surface area contributed by atoms with Crippen LogP contribution in [0.25, 0.3) is 0 Å². The summed E-state index contributed by atoms with van der Waals surface area (Å²) in [5.74, 6) is 2.60. The molecule has 230 valence electrons. The van der Waals surface area contributed by atoms with Crippen molar-refractivity contribution in [3.63, 3.8) is 0 Å². The van der Waals surface area contributed by atoms with Crippen LogP contribution in [-0.4, -0.2) is 11.5 Å². The molecule has 0 amide bonds. The van der Waals surface area contributed by atoms with E-state index in [9.17, 15) is 0 Å². The molecule has 1 heteroatoms. The van der Waals surface area contributed by atoms with E-state index >= 15 is 0 Å². The van der Waals surface area contributed by atoms with Crippen LogP contribution in [0, 0.1) is 0 Å². The molecule has 0 nitrogen and oxygen atoms in total. The molecule has 4 rings (SSSR count). The first-order valence-electron chi connectivity index (χ1n) is 16.8. The molecule has 0 fully saturated rings. The standard InChI is InChI=1S/C40H50S.C2H6/c1-39(37-25-13-5-14-26-37,33-35-21-9-3-10-22-35)29-17-7-19-31-41-32-20-8-18-30-40(2,38-27-15-6-16-28-38)34-36-23-11-4-12-24-36;1-2/h3-6,9-16,21-28H,7-8,17-20,29-34H2,1-2H3;1-2H3. The van der Waals surface area contributed by atoms with Crippen molar-refractivity contribution in [2.24, 2.45) is 0 Å². The smallest absolute Gasteiger partial charge is 0.00349 e.